The van der Waals surface area contributed by atoms with Crippen LogP contribution < -0.4 is 10.6 Å². The number of nitrogens with one attached hydrogen (secondary N) is 2. The van der Waals surface area contributed by atoms with Gasteiger partial charge in [0, 0.05) is 11.7 Å². The Hall–Kier alpha value is -1.51. The Labute approximate surface area is 110 Å². The first-order chi connectivity index (χ1) is 8.74. The predicted octanol–water partition coefficient (Wildman–Crippen LogP) is 4.09. The average Bonchev–Trinajstić information content (AvgIpc) is 2.84. The SMILES string of the molecule is CC.Cc1cccc(NC(=O)NC2CCCC2)c1. The Bertz CT molecular complexity index is 371. The highest BCUT2D eigenvalue weighted by atomic mass is 16.2. The topological polar surface area (TPSA) is 41.1 Å². The van der Waals surface area contributed by atoms with Gasteiger partial charge in [0.25, 0.3) is 0 Å². The first-order valence-electron chi connectivity index (χ1n) is 6.88. The maximum atomic E-state index is 11.7. The monoisotopic (exact) mass is 248 g/mol. The lowest BCUT2D eigenvalue weighted by Crippen LogP contribution is -2.36. The molecule has 2 N–H and O–H groups in total. The molecule has 2 rings (SSSR count). The van der Waals surface area contributed by atoms with E-state index in [1.807, 2.05) is 45.0 Å². The molecule has 100 valence electrons. The van der Waals surface area contributed by atoms with Crippen molar-refractivity contribution in [2.45, 2.75) is 52.5 Å². The Morgan fingerprint density at radius 3 is 2.50 bits per heavy atom. The maximum absolute atomic E-state index is 11.7. The Morgan fingerprint density at radius 1 is 1.22 bits per heavy atom. The molecule has 18 heavy (non-hydrogen) atoms. The second-order valence-corrected chi connectivity index (χ2v) is 4.45. The van der Waals surface area contributed by atoms with Crippen LogP contribution in [0.4, 0.5) is 10.5 Å². The summed E-state index contributed by atoms with van der Waals surface area (Å²) in [4.78, 5) is 11.7. The highest BCUT2D eigenvalue weighted by molar-refractivity contribution is 5.89. The molecule has 1 aromatic carbocycles. The van der Waals surface area contributed by atoms with Crippen LogP contribution in [0.5, 0.6) is 0 Å². The van der Waals surface area contributed by atoms with Gasteiger partial charge in [-0.05, 0) is 37.5 Å². The van der Waals surface area contributed by atoms with E-state index in [4.69, 9.17) is 0 Å². The van der Waals surface area contributed by atoms with Crippen molar-refractivity contribution >= 4 is 11.7 Å². The van der Waals surface area contributed by atoms with Crippen LogP contribution in [-0.4, -0.2) is 12.1 Å². The predicted molar refractivity (Wildman–Crippen MR) is 76.9 cm³/mol. The Kier molecular flexibility index (Phi) is 6.26. The molecule has 1 saturated carbocycles. The molecule has 3 nitrogen and oxygen atoms in total. The second-order valence-electron chi connectivity index (χ2n) is 4.45. The summed E-state index contributed by atoms with van der Waals surface area (Å²) in [5.41, 5.74) is 2.01. The molecule has 0 aliphatic heterocycles. The van der Waals surface area contributed by atoms with Gasteiger partial charge in [0.1, 0.15) is 0 Å². The zero-order valence-corrected chi connectivity index (χ0v) is 11.6. The molecule has 0 heterocycles. The van der Waals surface area contributed by atoms with Gasteiger partial charge in [-0.2, -0.15) is 0 Å². The summed E-state index contributed by atoms with van der Waals surface area (Å²) in [6.07, 6.45) is 4.69. The lowest BCUT2D eigenvalue weighted by Gasteiger charge is -2.13. The van der Waals surface area contributed by atoms with Crippen molar-refractivity contribution in [3.63, 3.8) is 0 Å². The minimum absolute atomic E-state index is 0.0856. The third kappa shape index (κ3) is 4.78. The summed E-state index contributed by atoms with van der Waals surface area (Å²) in [6, 6.07) is 8.11. The van der Waals surface area contributed by atoms with E-state index in [2.05, 4.69) is 10.6 Å². The van der Waals surface area contributed by atoms with E-state index in [1.165, 1.54) is 12.8 Å². The molecule has 1 fully saturated rings. The molecule has 0 radical (unpaired) electrons. The van der Waals surface area contributed by atoms with Gasteiger partial charge in [-0.1, -0.05) is 38.8 Å². The number of urea groups is 1. The number of hydrogen-bond donors (Lipinski definition) is 2. The van der Waals surface area contributed by atoms with Gasteiger partial charge in [0.2, 0.25) is 0 Å². The fourth-order valence-electron chi connectivity index (χ4n) is 2.15. The van der Waals surface area contributed by atoms with E-state index in [9.17, 15) is 4.79 Å². The zero-order valence-electron chi connectivity index (χ0n) is 11.6. The van der Waals surface area contributed by atoms with Crippen LogP contribution in [0.15, 0.2) is 24.3 Å². The van der Waals surface area contributed by atoms with Crippen LogP contribution in [0, 0.1) is 6.92 Å². The fourth-order valence-corrected chi connectivity index (χ4v) is 2.15. The van der Waals surface area contributed by atoms with Gasteiger partial charge in [0.05, 0.1) is 0 Å². The van der Waals surface area contributed by atoms with Gasteiger partial charge in [0.15, 0.2) is 0 Å². The average molecular weight is 248 g/mol. The molecule has 0 spiro atoms. The van der Waals surface area contributed by atoms with Gasteiger partial charge in [-0.25, -0.2) is 4.79 Å². The van der Waals surface area contributed by atoms with Gasteiger partial charge in [-0.15, -0.1) is 0 Å². The molecule has 2 amide bonds. The lowest BCUT2D eigenvalue weighted by atomic mass is 10.2. The van der Waals surface area contributed by atoms with Crippen LogP contribution in [0.1, 0.15) is 45.1 Å². The first kappa shape index (κ1) is 14.6. The van der Waals surface area contributed by atoms with Gasteiger partial charge >= 0.3 is 6.03 Å². The number of anilines is 1. The van der Waals surface area contributed by atoms with Gasteiger partial charge < -0.3 is 10.6 Å². The van der Waals surface area contributed by atoms with E-state index in [1.54, 1.807) is 0 Å². The number of amides is 2. The van der Waals surface area contributed by atoms with Crippen molar-refractivity contribution in [1.82, 2.24) is 5.32 Å². The Balaban J connectivity index is 0.000000771. The van der Waals surface area contributed by atoms with Crippen molar-refractivity contribution in [2.75, 3.05) is 5.32 Å². The molecular formula is C15H24N2O. The standard InChI is InChI=1S/C13H18N2O.C2H6/c1-10-5-4-8-12(9-10)15-13(16)14-11-6-2-3-7-11;1-2/h4-5,8-9,11H,2-3,6-7H2,1H3,(H2,14,15,16);1-2H3. The smallest absolute Gasteiger partial charge is 0.319 e. The minimum Gasteiger partial charge on any atom is -0.335 e. The summed E-state index contributed by atoms with van der Waals surface area (Å²) < 4.78 is 0. The molecule has 0 aromatic heterocycles. The highest BCUT2D eigenvalue weighted by Crippen LogP contribution is 2.17. The van der Waals surface area contributed by atoms with Crippen LogP contribution in [-0.2, 0) is 0 Å². The zero-order chi connectivity index (χ0) is 13.4. The maximum Gasteiger partial charge on any atom is 0.319 e. The third-order valence-electron chi connectivity index (χ3n) is 2.97. The largest absolute Gasteiger partial charge is 0.335 e. The molecule has 0 bridgehead atoms. The van der Waals surface area contributed by atoms with Crippen LogP contribution in [0.2, 0.25) is 0 Å². The number of benzene rings is 1. The number of rotatable bonds is 2. The number of carbonyl (C=O) groups excluding carboxylic acids is 1. The van der Waals surface area contributed by atoms with E-state index in [0.29, 0.717) is 6.04 Å². The molecule has 0 saturated heterocycles. The summed E-state index contributed by atoms with van der Waals surface area (Å²) >= 11 is 0. The molecule has 3 heteroatoms. The van der Waals surface area contributed by atoms with Crippen LogP contribution >= 0.6 is 0 Å². The first-order valence-corrected chi connectivity index (χ1v) is 6.88. The molecule has 0 atom stereocenters. The summed E-state index contributed by atoms with van der Waals surface area (Å²) in [7, 11) is 0. The summed E-state index contributed by atoms with van der Waals surface area (Å²) in [6.45, 7) is 6.01. The van der Waals surface area contributed by atoms with Crippen molar-refractivity contribution in [3.05, 3.63) is 29.8 Å². The lowest BCUT2D eigenvalue weighted by molar-refractivity contribution is 0.248. The molecule has 0 unspecified atom stereocenters. The highest BCUT2D eigenvalue weighted by Gasteiger charge is 2.16. The third-order valence-corrected chi connectivity index (χ3v) is 2.97. The number of aryl methyl sites for hydroxylation is 1. The van der Waals surface area contributed by atoms with Crippen molar-refractivity contribution < 1.29 is 4.79 Å². The van der Waals surface area contributed by atoms with E-state index in [-0.39, 0.29) is 6.03 Å². The van der Waals surface area contributed by atoms with Crippen molar-refractivity contribution in [2.24, 2.45) is 0 Å². The number of hydrogen-bond acceptors (Lipinski definition) is 1. The van der Waals surface area contributed by atoms with E-state index >= 15 is 0 Å². The Morgan fingerprint density at radius 2 is 1.89 bits per heavy atom. The van der Waals surface area contributed by atoms with Gasteiger partial charge in [-0.3, -0.25) is 0 Å². The van der Waals surface area contributed by atoms with Crippen LogP contribution in [0.3, 0.4) is 0 Å². The van der Waals surface area contributed by atoms with E-state index < -0.39 is 0 Å². The minimum atomic E-state index is -0.0856. The number of carbonyl (C=O) groups is 1. The summed E-state index contributed by atoms with van der Waals surface area (Å²) in [5.74, 6) is 0. The van der Waals surface area contributed by atoms with Crippen molar-refractivity contribution in [1.29, 1.82) is 0 Å². The fraction of sp³-hybridized carbons (Fsp3) is 0.533. The molecular weight excluding hydrogens is 224 g/mol. The summed E-state index contributed by atoms with van der Waals surface area (Å²) in [5, 5.41) is 5.86. The van der Waals surface area contributed by atoms with Crippen molar-refractivity contribution in [3.8, 4) is 0 Å². The molecule has 1 aliphatic rings. The van der Waals surface area contributed by atoms with E-state index in [0.717, 1.165) is 24.1 Å². The molecule has 1 aromatic rings. The quantitative estimate of drug-likeness (QED) is 0.813. The van der Waals surface area contributed by atoms with Crippen LogP contribution in [0.25, 0.3) is 0 Å². The second kappa shape index (κ2) is 7.75. The molecule has 1 aliphatic carbocycles. The normalized spacial score (nSPS) is 14.6.